The van der Waals surface area contributed by atoms with Crippen molar-refractivity contribution in [2.45, 2.75) is 39.8 Å². The Kier molecular flexibility index (Phi) is 5.89. The number of hydrogen-bond acceptors (Lipinski definition) is 4. The summed E-state index contributed by atoms with van der Waals surface area (Å²) in [5.41, 5.74) is 3.66. The van der Waals surface area contributed by atoms with Crippen LogP contribution in [-0.2, 0) is 12.1 Å². The number of rotatable bonds is 5. The number of benzene rings is 1. The molecule has 0 aliphatic carbocycles. The molecule has 2 aromatic rings. The third-order valence-corrected chi connectivity index (χ3v) is 5.22. The number of amides is 2. The minimum atomic E-state index is -0.460. The second-order valence-corrected chi connectivity index (χ2v) is 8.11. The number of aromatic nitrogens is 1. The first-order valence-corrected chi connectivity index (χ1v) is 9.72. The van der Waals surface area contributed by atoms with Gasteiger partial charge in [-0.15, -0.1) is 0 Å². The summed E-state index contributed by atoms with van der Waals surface area (Å²) in [4.78, 5) is 17.0. The normalized spacial score (nSPS) is 15.5. The van der Waals surface area contributed by atoms with Gasteiger partial charge < -0.3 is 14.7 Å². The molecule has 0 bridgehead atoms. The van der Waals surface area contributed by atoms with Crippen LogP contribution in [0, 0.1) is 6.92 Å². The summed E-state index contributed by atoms with van der Waals surface area (Å²) in [6.07, 6.45) is 0. The van der Waals surface area contributed by atoms with E-state index in [1.807, 2.05) is 56.9 Å². The molecular weight excluding hydrogens is 352 g/mol. The lowest BCUT2D eigenvalue weighted by Gasteiger charge is -2.37. The molecule has 0 radical (unpaired) electrons. The summed E-state index contributed by atoms with van der Waals surface area (Å²) < 4.78 is 5.13. The molecule has 3 rings (SSSR count). The van der Waals surface area contributed by atoms with Crippen LogP contribution in [0.15, 0.2) is 41.4 Å². The Bertz CT molecular complexity index is 848. The first-order chi connectivity index (χ1) is 13.2. The van der Waals surface area contributed by atoms with Gasteiger partial charge in [0.05, 0.1) is 11.2 Å². The Hall–Kier alpha value is -2.60. The van der Waals surface area contributed by atoms with E-state index in [-0.39, 0.29) is 6.03 Å². The van der Waals surface area contributed by atoms with E-state index < -0.39 is 5.54 Å². The van der Waals surface area contributed by atoms with Crippen molar-refractivity contribution in [3.05, 3.63) is 59.5 Å². The molecule has 150 valence electrons. The van der Waals surface area contributed by atoms with Crippen molar-refractivity contribution in [3.8, 4) is 0 Å². The Morgan fingerprint density at radius 2 is 1.96 bits per heavy atom. The average molecular weight is 383 g/mol. The van der Waals surface area contributed by atoms with E-state index in [1.165, 1.54) is 0 Å². The lowest BCUT2D eigenvalue weighted by molar-refractivity contribution is 0.128. The van der Waals surface area contributed by atoms with Gasteiger partial charge in [0.25, 0.3) is 0 Å². The quantitative estimate of drug-likeness (QED) is 0.855. The van der Waals surface area contributed by atoms with Crippen LogP contribution in [-0.4, -0.2) is 47.2 Å². The number of hydrogen-bond donors (Lipinski definition) is 1. The van der Waals surface area contributed by atoms with Crippen LogP contribution in [0.2, 0.25) is 0 Å². The molecule has 0 spiro atoms. The number of aryl methyl sites for hydroxylation is 1. The van der Waals surface area contributed by atoms with Gasteiger partial charge in [-0.25, -0.2) is 4.79 Å². The zero-order valence-electron chi connectivity index (χ0n) is 17.3. The summed E-state index contributed by atoms with van der Waals surface area (Å²) >= 11 is 0. The van der Waals surface area contributed by atoms with Crippen LogP contribution in [0.3, 0.4) is 0 Å². The molecular formula is C22H30N4O2. The van der Waals surface area contributed by atoms with Crippen molar-refractivity contribution < 1.29 is 9.32 Å². The number of allylic oxidation sites excluding steroid dienone is 1. The highest BCUT2D eigenvalue weighted by Gasteiger charge is 2.28. The number of nitrogens with one attached hydrogen (secondary N) is 1. The molecule has 1 aromatic heterocycles. The molecule has 1 N–H and O–H groups in total. The lowest BCUT2D eigenvalue weighted by Crippen LogP contribution is -2.54. The molecule has 2 amide bonds. The summed E-state index contributed by atoms with van der Waals surface area (Å²) in [7, 11) is 0. The van der Waals surface area contributed by atoms with Crippen molar-refractivity contribution in [2.24, 2.45) is 0 Å². The number of urea groups is 1. The molecule has 1 aromatic carbocycles. The van der Waals surface area contributed by atoms with Gasteiger partial charge in [0.15, 0.2) is 0 Å². The highest BCUT2D eigenvalue weighted by atomic mass is 16.5. The number of carbonyl (C=O) groups excluding carboxylic acids is 1. The summed E-state index contributed by atoms with van der Waals surface area (Å²) in [5, 5.41) is 7.24. The summed E-state index contributed by atoms with van der Waals surface area (Å²) in [6.45, 7) is 15.8. The van der Waals surface area contributed by atoms with Crippen molar-refractivity contribution >= 4 is 11.6 Å². The maximum Gasteiger partial charge on any atom is 0.318 e. The second kappa shape index (κ2) is 8.19. The van der Waals surface area contributed by atoms with Gasteiger partial charge in [-0.3, -0.25) is 4.90 Å². The highest BCUT2D eigenvalue weighted by Crippen LogP contribution is 2.24. The minimum absolute atomic E-state index is 0.0253. The van der Waals surface area contributed by atoms with E-state index in [1.54, 1.807) is 0 Å². The highest BCUT2D eigenvalue weighted by molar-refractivity contribution is 5.75. The molecule has 1 aliphatic heterocycles. The standard InChI is InChI=1S/C22H30N4O2/c1-16(2)18-7-6-8-19(14-18)22(4,5)23-21(27)26-11-9-25(10-12-26)15-20-13-17(3)28-24-20/h6-8,13-14H,1,9-12,15H2,2-5H3,(H,23,27). The SMILES string of the molecule is C=C(C)c1cccc(C(C)(C)NC(=O)N2CCN(Cc3cc(C)on3)CC2)c1. The van der Waals surface area contributed by atoms with E-state index in [4.69, 9.17) is 4.52 Å². The zero-order chi connectivity index (χ0) is 20.3. The van der Waals surface area contributed by atoms with Crippen molar-refractivity contribution in [1.82, 2.24) is 20.3 Å². The molecule has 1 fully saturated rings. The Morgan fingerprint density at radius 3 is 2.57 bits per heavy atom. The average Bonchev–Trinajstić information content (AvgIpc) is 3.06. The number of nitrogens with zero attached hydrogens (tertiary/aromatic N) is 3. The van der Waals surface area contributed by atoms with Crippen LogP contribution >= 0.6 is 0 Å². The predicted molar refractivity (Wildman–Crippen MR) is 111 cm³/mol. The third-order valence-electron chi connectivity index (χ3n) is 5.22. The van der Waals surface area contributed by atoms with Gasteiger partial charge >= 0.3 is 6.03 Å². The van der Waals surface area contributed by atoms with E-state index in [2.05, 4.69) is 28.0 Å². The van der Waals surface area contributed by atoms with Crippen molar-refractivity contribution in [3.63, 3.8) is 0 Å². The van der Waals surface area contributed by atoms with Crippen molar-refractivity contribution in [1.29, 1.82) is 0 Å². The minimum Gasteiger partial charge on any atom is -0.361 e. The number of piperazine rings is 1. The fourth-order valence-corrected chi connectivity index (χ4v) is 3.42. The summed E-state index contributed by atoms with van der Waals surface area (Å²) in [6, 6.07) is 10.1. The monoisotopic (exact) mass is 382 g/mol. The van der Waals surface area contributed by atoms with Gasteiger partial charge in [-0.2, -0.15) is 0 Å². The fourth-order valence-electron chi connectivity index (χ4n) is 3.42. The van der Waals surface area contributed by atoms with Gasteiger partial charge in [0, 0.05) is 38.8 Å². The Morgan fingerprint density at radius 1 is 1.25 bits per heavy atom. The predicted octanol–water partition coefficient (Wildman–Crippen LogP) is 3.78. The summed E-state index contributed by atoms with van der Waals surface area (Å²) in [5.74, 6) is 0.825. The van der Waals surface area contributed by atoms with Crippen LogP contribution in [0.4, 0.5) is 4.79 Å². The molecule has 0 atom stereocenters. The van der Waals surface area contributed by atoms with Crippen LogP contribution in [0.5, 0.6) is 0 Å². The van der Waals surface area contributed by atoms with Crippen LogP contribution < -0.4 is 5.32 Å². The third kappa shape index (κ3) is 4.81. The topological polar surface area (TPSA) is 61.6 Å². The largest absolute Gasteiger partial charge is 0.361 e. The molecule has 2 heterocycles. The van der Waals surface area contributed by atoms with Gasteiger partial charge in [0.1, 0.15) is 5.76 Å². The fraction of sp³-hybridized carbons (Fsp3) is 0.455. The van der Waals surface area contributed by atoms with Gasteiger partial charge in [-0.1, -0.05) is 35.5 Å². The maximum absolute atomic E-state index is 12.8. The van der Waals surface area contributed by atoms with E-state index in [9.17, 15) is 4.79 Å². The molecule has 6 nitrogen and oxygen atoms in total. The lowest BCUT2D eigenvalue weighted by atomic mass is 9.92. The van der Waals surface area contributed by atoms with E-state index in [0.29, 0.717) is 13.1 Å². The molecule has 6 heteroatoms. The van der Waals surface area contributed by atoms with E-state index in [0.717, 1.165) is 47.8 Å². The molecule has 0 saturated carbocycles. The Labute approximate surface area is 167 Å². The van der Waals surface area contributed by atoms with Crippen molar-refractivity contribution in [2.75, 3.05) is 26.2 Å². The van der Waals surface area contributed by atoms with Gasteiger partial charge in [-0.05, 0) is 44.9 Å². The molecule has 28 heavy (non-hydrogen) atoms. The maximum atomic E-state index is 12.8. The number of carbonyl (C=O) groups is 1. The van der Waals surface area contributed by atoms with Crippen LogP contribution in [0.1, 0.15) is 43.4 Å². The molecule has 1 aliphatic rings. The zero-order valence-corrected chi connectivity index (χ0v) is 17.3. The first kappa shape index (κ1) is 20.1. The molecule has 1 saturated heterocycles. The van der Waals surface area contributed by atoms with Gasteiger partial charge in [0.2, 0.25) is 0 Å². The second-order valence-electron chi connectivity index (χ2n) is 8.11. The Balaban J connectivity index is 1.56. The first-order valence-electron chi connectivity index (χ1n) is 9.72. The van der Waals surface area contributed by atoms with E-state index >= 15 is 0 Å². The van der Waals surface area contributed by atoms with Crippen LogP contribution in [0.25, 0.3) is 5.57 Å². The smallest absolute Gasteiger partial charge is 0.318 e. The molecule has 0 unspecified atom stereocenters.